The van der Waals surface area contributed by atoms with E-state index in [1.807, 2.05) is 6.92 Å². The summed E-state index contributed by atoms with van der Waals surface area (Å²) in [5.41, 5.74) is 1.02. The molecule has 88 valence electrons. The molecule has 0 fully saturated rings. The fraction of sp³-hybridized carbons (Fsp3) is 0.231. The fourth-order valence-electron chi connectivity index (χ4n) is 1.66. The van der Waals surface area contributed by atoms with E-state index >= 15 is 0 Å². The number of nitrogens with zero attached hydrogens (tertiary/aromatic N) is 2. The Morgan fingerprint density at radius 1 is 1.29 bits per heavy atom. The molecule has 1 heterocycles. The van der Waals surface area contributed by atoms with Crippen LogP contribution in [0.2, 0.25) is 0 Å². The van der Waals surface area contributed by atoms with Crippen LogP contribution in [0, 0.1) is 5.82 Å². The number of carbonyl (C=O) groups is 1. The molecule has 0 amide bonds. The van der Waals surface area contributed by atoms with Crippen LogP contribution < -0.4 is 0 Å². The van der Waals surface area contributed by atoms with E-state index in [2.05, 4.69) is 5.10 Å². The van der Waals surface area contributed by atoms with E-state index in [-0.39, 0.29) is 11.6 Å². The van der Waals surface area contributed by atoms with Gasteiger partial charge in [-0.05, 0) is 36.8 Å². The summed E-state index contributed by atoms with van der Waals surface area (Å²) >= 11 is 0. The molecular formula is C13H13FN2O. The van der Waals surface area contributed by atoms with Gasteiger partial charge in [0.15, 0.2) is 0 Å². The molecule has 2 rings (SSSR count). The number of ketones is 1. The summed E-state index contributed by atoms with van der Waals surface area (Å²) in [4.78, 5) is 12.1. The van der Waals surface area contributed by atoms with Crippen molar-refractivity contribution in [2.75, 3.05) is 0 Å². The standard InChI is InChI=1S/C13H13FN2O/c1-2-9-16-12(7-8-15-16)13(17)10-3-5-11(14)6-4-10/h3-8H,2,9H2,1H3. The third-order valence-corrected chi connectivity index (χ3v) is 2.49. The Bertz CT molecular complexity index is 516. The molecule has 3 nitrogen and oxygen atoms in total. The number of aromatic nitrogens is 2. The van der Waals surface area contributed by atoms with Crippen LogP contribution in [0.1, 0.15) is 29.4 Å². The lowest BCUT2D eigenvalue weighted by molar-refractivity contribution is 0.102. The Morgan fingerprint density at radius 3 is 2.65 bits per heavy atom. The first kappa shape index (κ1) is 11.5. The lowest BCUT2D eigenvalue weighted by Crippen LogP contribution is -2.11. The Balaban J connectivity index is 2.30. The topological polar surface area (TPSA) is 34.9 Å². The molecule has 0 unspecified atom stereocenters. The van der Waals surface area contributed by atoms with Gasteiger partial charge in [-0.1, -0.05) is 6.92 Å². The van der Waals surface area contributed by atoms with Gasteiger partial charge in [0.2, 0.25) is 5.78 Å². The molecule has 0 aliphatic heterocycles. The van der Waals surface area contributed by atoms with Crippen molar-refractivity contribution in [1.29, 1.82) is 0 Å². The zero-order valence-corrected chi connectivity index (χ0v) is 9.56. The minimum absolute atomic E-state index is 0.129. The van der Waals surface area contributed by atoms with Crippen LogP contribution in [0.5, 0.6) is 0 Å². The fourth-order valence-corrected chi connectivity index (χ4v) is 1.66. The summed E-state index contributed by atoms with van der Waals surface area (Å²) in [5, 5.41) is 4.09. The van der Waals surface area contributed by atoms with E-state index in [1.165, 1.54) is 24.3 Å². The first-order valence-corrected chi connectivity index (χ1v) is 5.54. The summed E-state index contributed by atoms with van der Waals surface area (Å²) in [6.45, 7) is 2.73. The quantitative estimate of drug-likeness (QED) is 0.759. The largest absolute Gasteiger partial charge is 0.287 e. The molecule has 17 heavy (non-hydrogen) atoms. The van der Waals surface area contributed by atoms with E-state index in [4.69, 9.17) is 0 Å². The van der Waals surface area contributed by atoms with Crippen LogP contribution in [0.25, 0.3) is 0 Å². The molecule has 2 aromatic rings. The highest BCUT2D eigenvalue weighted by atomic mass is 19.1. The zero-order chi connectivity index (χ0) is 12.3. The molecule has 0 saturated carbocycles. The van der Waals surface area contributed by atoms with Crippen molar-refractivity contribution in [3.63, 3.8) is 0 Å². The van der Waals surface area contributed by atoms with Crippen LogP contribution in [-0.4, -0.2) is 15.6 Å². The average Bonchev–Trinajstić information content (AvgIpc) is 2.78. The summed E-state index contributed by atoms with van der Waals surface area (Å²) in [6.07, 6.45) is 2.51. The summed E-state index contributed by atoms with van der Waals surface area (Å²) in [6, 6.07) is 7.23. The second-order valence-electron chi connectivity index (χ2n) is 3.78. The lowest BCUT2D eigenvalue weighted by Gasteiger charge is -2.05. The van der Waals surface area contributed by atoms with Crippen molar-refractivity contribution in [2.45, 2.75) is 19.9 Å². The lowest BCUT2D eigenvalue weighted by atomic mass is 10.1. The van der Waals surface area contributed by atoms with Crippen LogP contribution in [0.4, 0.5) is 4.39 Å². The molecule has 4 heteroatoms. The predicted octanol–water partition coefficient (Wildman–Crippen LogP) is 2.66. The molecule has 0 radical (unpaired) electrons. The van der Waals surface area contributed by atoms with Gasteiger partial charge in [0.05, 0.1) is 0 Å². The van der Waals surface area contributed by atoms with Gasteiger partial charge in [0, 0.05) is 18.3 Å². The van der Waals surface area contributed by atoms with E-state index in [9.17, 15) is 9.18 Å². The smallest absolute Gasteiger partial charge is 0.211 e. The normalized spacial score (nSPS) is 10.5. The van der Waals surface area contributed by atoms with Crippen LogP contribution in [-0.2, 0) is 6.54 Å². The molecule has 0 saturated heterocycles. The van der Waals surface area contributed by atoms with Gasteiger partial charge in [0.25, 0.3) is 0 Å². The Morgan fingerprint density at radius 2 is 2.00 bits per heavy atom. The van der Waals surface area contributed by atoms with Crippen molar-refractivity contribution in [2.24, 2.45) is 0 Å². The number of carbonyl (C=O) groups excluding carboxylic acids is 1. The number of rotatable bonds is 4. The molecule has 0 atom stereocenters. The van der Waals surface area contributed by atoms with Crippen LogP contribution >= 0.6 is 0 Å². The maximum atomic E-state index is 12.8. The van der Waals surface area contributed by atoms with Gasteiger partial charge in [-0.2, -0.15) is 5.10 Å². The molecule has 0 spiro atoms. The van der Waals surface area contributed by atoms with E-state index in [0.29, 0.717) is 17.8 Å². The number of aryl methyl sites for hydroxylation is 1. The Kier molecular flexibility index (Phi) is 3.32. The summed E-state index contributed by atoms with van der Waals surface area (Å²) in [5.74, 6) is -0.473. The first-order valence-electron chi connectivity index (χ1n) is 5.54. The molecule has 0 aliphatic rings. The zero-order valence-electron chi connectivity index (χ0n) is 9.56. The maximum Gasteiger partial charge on any atom is 0.211 e. The summed E-state index contributed by atoms with van der Waals surface area (Å²) in [7, 11) is 0. The minimum Gasteiger partial charge on any atom is -0.287 e. The molecule has 0 aliphatic carbocycles. The average molecular weight is 232 g/mol. The Hall–Kier alpha value is -1.97. The molecule has 0 bridgehead atoms. The van der Waals surface area contributed by atoms with E-state index in [0.717, 1.165) is 6.42 Å². The van der Waals surface area contributed by atoms with Crippen molar-refractivity contribution in [3.8, 4) is 0 Å². The van der Waals surface area contributed by atoms with Crippen LogP contribution in [0.15, 0.2) is 36.5 Å². The minimum atomic E-state index is -0.344. The van der Waals surface area contributed by atoms with E-state index in [1.54, 1.807) is 16.9 Å². The van der Waals surface area contributed by atoms with Gasteiger partial charge in [-0.15, -0.1) is 0 Å². The molecule has 1 aromatic heterocycles. The third kappa shape index (κ3) is 2.41. The number of halogens is 1. The number of hydrogen-bond acceptors (Lipinski definition) is 2. The maximum absolute atomic E-state index is 12.8. The second-order valence-corrected chi connectivity index (χ2v) is 3.78. The predicted molar refractivity (Wildman–Crippen MR) is 62.4 cm³/mol. The van der Waals surface area contributed by atoms with E-state index < -0.39 is 0 Å². The van der Waals surface area contributed by atoms with Crippen LogP contribution in [0.3, 0.4) is 0 Å². The number of hydrogen-bond donors (Lipinski definition) is 0. The van der Waals surface area contributed by atoms with Gasteiger partial charge in [-0.3, -0.25) is 9.48 Å². The Labute approximate surface area is 98.9 Å². The van der Waals surface area contributed by atoms with Crippen molar-refractivity contribution < 1.29 is 9.18 Å². The van der Waals surface area contributed by atoms with Gasteiger partial charge in [0.1, 0.15) is 11.5 Å². The van der Waals surface area contributed by atoms with Gasteiger partial charge >= 0.3 is 0 Å². The van der Waals surface area contributed by atoms with Crippen molar-refractivity contribution in [1.82, 2.24) is 9.78 Å². The van der Waals surface area contributed by atoms with Gasteiger partial charge in [-0.25, -0.2) is 4.39 Å². The van der Waals surface area contributed by atoms with Crippen molar-refractivity contribution in [3.05, 3.63) is 53.6 Å². The molecular weight excluding hydrogens is 219 g/mol. The SMILES string of the molecule is CCCn1nccc1C(=O)c1ccc(F)cc1. The van der Waals surface area contributed by atoms with Crippen molar-refractivity contribution >= 4 is 5.78 Å². The van der Waals surface area contributed by atoms with Gasteiger partial charge < -0.3 is 0 Å². The molecule has 0 N–H and O–H groups in total. The third-order valence-electron chi connectivity index (χ3n) is 2.49. The monoisotopic (exact) mass is 232 g/mol. The second kappa shape index (κ2) is 4.91. The number of benzene rings is 1. The molecule has 1 aromatic carbocycles. The highest BCUT2D eigenvalue weighted by Gasteiger charge is 2.13. The highest BCUT2D eigenvalue weighted by molar-refractivity contribution is 6.07. The first-order chi connectivity index (χ1) is 8.22. The highest BCUT2D eigenvalue weighted by Crippen LogP contribution is 2.10. The summed E-state index contributed by atoms with van der Waals surface area (Å²) < 4.78 is 14.4.